The van der Waals surface area contributed by atoms with Crippen molar-refractivity contribution in [1.29, 1.82) is 0 Å². The molecule has 2 aromatic heterocycles. The summed E-state index contributed by atoms with van der Waals surface area (Å²) < 4.78 is 7.45. The van der Waals surface area contributed by atoms with Crippen molar-refractivity contribution in [3.63, 3.8) is 0 Å². The fourth-order valence-electron chi connectivity index (χ4n) is 2.34. The highest BCUT2D eigenvalue weighted by atomic mass is 16.3. The van der Waals surface area contributed by atoms with E-state index in [0.29, 0.717) is 0 Å². The van der Waals surface area contributed by atoms with E-state index in [-0.39, 0.29) is 6.04 Å². The molecule has 0 aliphatic heterocycles. The molecule has 2 rings (SSSR count). The zero-order valence-corrected chi connectivity index (χ0v) is 11.3. The number of aryl methyl sites for hydroxylation is 3. The maximum absolute atomic E-state index is 6.28. The third kappa shape index (κ3) is 2.48. The molecule has 0 aliphatic rings. The van der Waals surface area contributed by atoms with Crippen molar-refractivity contribution in [3.05, 3.63) is 41.1 Å². The molecule has 2 heterocycles. The zero-order chi connectivity index (χ0) is 13.1. The smallest absolute Gasteiger partial charge is 0.108 e. The summed E-state index contributed by atoms with van der Waals surface area (Å²) in [4.78, 5) is 0. The molecule has 0 fully saturated rings. The second kappa shape index (κ2) is 5.40. The lowest BCUT2D eigenvalue weighted by Gasteiger charge is -2.12. The van der Waals surface area contributed by atoms with Gasteiger partial charge in [-0.05, 0) is 26.0 Å². The van der Waals surface area contributed by atoms with Crippen molar-refractivity contribution in [3.8, 4) is 0 Å². The average molecular weight is 247 g/mol. The van der Waals surface area contributed by atoms with Crippen molar-refractivity contribution < 1.29 is 4.42 Å². The van der Waals surface area contributed by atoms with Crippen LogP contribution in [0.2, 0.25) is 0 Å². The van der Waals surface area contributed by atoms with Crippen LogP contribution in [0.15, 0.2) is 22.8 Å². The van der Waals surface area contributed by atoms with E-state index < -0.39 is 0 Å². The highest BCUT2D eigenvalue weighted by Gasteiger charge is 2.16. The summed E-state index contributed by atoms with van der Waals surface area (Å²) in [5.41, 5.74) is 9.62. The molecule has 0 amide bonds. The lowest BCUT2D eigenvalue weighted by atomic mass is 10.0. The van der Waals surface area contributed by atoms with Gasteiger partial charge in [-0.2, -0.15) is 5.10 Å². The van der Waals surface area contributed by atoms with Crippen molar-refractivity contribution in [2.75, 3.05) is 0 Å². The molecule has 0 bridgehead atoms. The Balaban J connectivity index is 2.18. The first kappa shape index (κ1) is 12.9. The van der Waals surface area contributed by atoms with Crippen molar-refractivity contribution >= 4 is 0 Å². The fourth-order valence-corrected chi connectivity index (χ4v) is 2.34. The molecule has 0 spiro atoms. The summed E-state index contributed by atoms with van der Waals surface area (Å²) >= 11 is 0. The predicted molar refractivity (Wildman–Crippen MR) is 71.4 cm³/mol. The second-order valence-corrected chi connectivity index (χ2v) is 4.56. The van der Waals surface area contributed by atoms with Gasteiger partial charge in [-0.1, -0.05) is 6.92 Å². The Morgan fingerprint density at radius 2 is 2.22 bits per heavy atom. The molecule has 1 unspecified atom stereocenters. The number of hydrogen-bond acceptors (Lipinski definition) is 3. The number of furan rings is 1. The Hall–Kier alpha value is -1.55. The molecule has 18 heavy (non-hydrogen) atoms. The first-order chi connectivity index (χ1) is 8.65. The van der Waals surface area contributed by atoms with E-state index in [1.54, 1.807) is 6.26 Å². The summed E-state index contributed by atoms with van der Waals surface area (Å²) in [5, 5.41) is 4.44. The van der Waals surface area contributed by atoms with E-state index in [2.05, 4.69) is 25.0 Å². The monoisotopic (exact) mass is 247 g/mol. The predicted octanol–water partition coefficient (Wildman–Crippen LogP) is 2.61. The first-order valence-electron chi connectivity index (χ1n) is 6.50. The molecule has 0 aromatic carbocycles. The summed E-state index contributed by atoms with van der Waals surface area (Å²) in [6.07, 6.45) is 3.39. The largest absolute Gasteiger partial charge is 0.469 e. The minimum absolute atomic E-state index is 0.0277. The number of nitrogens with zero attached hydrogens (tertiary/aromatic N) is 2. The van der Waals surface area contributed by atoms with E-state index in [9.17, 15) is 0 Å². The Kier molecular flexibility index (Phi) is 3.87. The van der Waals surface area contributed by atoms with Crippen LogP contribution in [0.1, 0.15) is 42.6 Å². The SMILES string of the molecule is CCc1occc1C(N)Cc1cc(C)nn1CC. The zero-order valence-electron chi connectivity index (χ0n) is 11.3. The summed E-state index contributed by atoms with van der Waals surface area (Å²) in [6, 6.07) is 4.05. The van der Waals surface area contributed by atoms with Crippen LogP contribution in [-0.2, 0) is 19.4 Å². The Labute approximate surface area is 108 Å². The molecule has 2 aromatic rings. The van der Waals surface area contributed by atoms with Gasteiger partial charge in [0.1, 0.15) is 5.76 Å². The second-order valence-electron chi connectivity index (χ2n) is 4.56. The van der Waals surface area contributed by atoms with Crippen LogP contribution in [0, 0.1) is 6.92 Å². The highest BCUT2D eigenvalue weighted by molar-refractivity contribution is 5.23. The van der Waals surface area contributed by atoms with Crippen LogP contribution >= 0.6 is 0 Å². The summed E-state index contributed by atoms with van der Waals surface area (Å²) in [7, 11) is 0. The lowest BCUT2D eigenvalue weighted by Crippen LogP contribution is -2.16. The Bertz CT molecular complexity index is 513. The van der Waals surface area contributed by atoms with Gasteiger partial charge in [-0.3, -0.25) is 4.68 Å². The summed E-state index contributed by atoms with van der Waals surface area (Å²) in [6.45, 7) is 7.06. The van der Waals surface area contributed by atoms with Gasteiger partial charge in [0.15, 0.2) is 0 Å². The number of hydrogen-bond donors (Lipinski definition) is 1. The molecule has 98 valence electrons. The van der Waals surface area contributed by atoms with Crippen LogP contribution in [-0.4, -0.2) is 9.78 Å². The average Bonchev–Trinajstić information content (AvgIpc) is 2.95. The standard InChI is InChI=1S/C14H21N3O/c1-4-14-12(6-7-18-14)13(15)9-11-8-10(3)16-17(11)5-2/h6-8,13H,4-5,9,15H2,1-3H3. The van der Waals surface area contributed by atoms with Crippen LogP contribution in [0.25, 0.3) is 0 Å². The number of rotatable bonds is 5. The van der Waals surface area contributed by atoms with Gasteiger partial charge < -0.3 is 10.2 Å². The molecule has 4 nitrogen and oxygen atoms in total. The highest BCUT2D eigenvalue weighted by Crippen LogP contribution is 2.22. The van der Waals surface area contributed by atoms with Gasteiger partial charge in [-0.25, -0.2) is 0 Å². The van der Waals surface area contributed by atoms with E-state index in [1.165, 1.54) is 5.69 Å². The van der Waals surface area contributed by atoms with Crippen molar-refractivity contribution in [1.82, 2.24) is 9.78 Å². The minimum Gasteiger partial charge on any atom is -0.469 e. The summed E-state index contributed by atoms with van der Waals surface area (Å²) in [5.74, 6) is 0.988. The van der Waals surface area contributed by atoms with Gasteiger partial charge in [0, 0.05) is 36.7 Å². The molecular formula is C14H21N3O. The quantitative estimate of drug-likeness (QED) is 0.883. The van der Waals surface area contributed by atoms with Crippen LogP contribution in [0.4, 0.5) is 0 Å². The first-order valence-corrected chi connectivity index (χ1v) is 6.50. The third-order valence-corrected chi connectivity index (χ3v) is 3.21. The van der Waals surface area contributed by atoms with Crippen molar-refractivity contribution in [2.45, 2.75) is 46.2 Å². The van der Waals surface area contributed by atoms with Crippen LogP contribution in [0.5, 0.6) is 0 Å². The molecular weight excluding hydrogens is 226 g/mol. The molecule has 0 saturated carbocycles. The topological polar surface area (TPSA) is 57.0 Å². The van der Waals surface area contributed by atoms with Crippen LogP contribution in [0.3, 0.4) is 0 Å². The van der Waals surface area contributed by atoms with E-state index >= 15 is 0 Å². The van der Waals surface area contributed by atoms with Gasteiger partial charge in [0.2, 0.25) is 0 Å². The molecule has 4 heteroatoms. The number of nitrogens with two attached hydrogens (primary N) is 1. The minimum atomic E-state index is -0.0277. The molecule has 0 radical (unpaired) electrons. The van der Waals surface area contributed by atoms with E-state index in [4.69, 9.17) is 10.2 Å². The normalized spacial score (nSPS) is 12.9. The molecule has 0 saturated heterocycles. The Morgan fingerprint density at radius 3 is 2.89 bits per heavy atom. The lowest BCUT2D eigenvalue weighted by molar-refractivity contribution is 0.503. The fraction of sp³-hybridized carbons (Fsp3) is 0.500. The molecule has 0 aliphatic carbocycles. The van der Waals surface area contributed by atoms with E-state index in [0.717, 1.165) is 36.4 Å². The maximum atomic E-state index is 6.28. The number of aromatic nitrogens is 2. The van der Waals surface area contributed by atoms with Gasteiger partial charge >= 0.3 is 0 Å². The van der Waals surface area contributed by atoms with Gasteiger partial charge in [0.25, 0.3) is 0 Å². The van der Waals surface area contributed by atoms with Crippen molar-refractivity contribution in [2.24, 2.45) is 5.73 Å². The Morgan fingerprint density at radius 1 is 1.44 bits per heavy atom. The molecule has 2 N–H and O–H groups in total. The van der Waals surface area contributed by atoms with Crippen LogP contribution < -0.4 is 5.73 Å². The maximum Gasteiger partial charge on any atom is 0.108 e. The molecule has 1 atom stereocenters. The van der Waals surface area contributed by atoms with Gasteiger partial charge in [0.05, 0.1) is 12.0 Å². The van der Waals surface area contributed by atoms with E-state index in [1.807, 2.05) is 17.7 Å². The van der Waals surface area contributed by atoms with Gasteiger partial charge in [-0.15, -0.1) is 0 Å². The third-order valence-electron chi connectivity index (χ3n) is 3.21.